The molecule has 1 unspecified atom stereocenters. The van der Waals surface area contributed by atoms with Gasteiger partial charge in [-0.15, -0.1) is 5.10 Å². The third-order valence-electron chi connectivity index (χ3n) is 8.87. The van der Waals surface area contributed by atoms with Crippen LogP contribution in [0, 0.1) is 13.8 Å². The molecule has 52 heavy (non-hydrogen) atoms. The van der Waals surface area contributed by atoms with Gasteiger partial charge in [0.2, 0.25) is 11.1 Å². The van der Waals surface area contributed by atoms with Crippen molar-refractivity contribution in [3.05, 3.63) is 133 Å². The summed E-state index contributed by atoms with van der Waals surface area (Å²) in [5.74, 6) is 2.00. The molecule has 1 atom stereocenters. The Morgan fingerprint density at radius 3 is 2.46 bits per heavy atom. The van der Waals surface area contributed by atoms with Crippen molar-refractivity contribution >= 4 is 56.8 Å². The molecule has 2 N–H and O–H groups in total. The van der Waals surface area contributed by atoms with E-state index in [4.69, 9.17) is 31.2 Å². The summed E-state index contributed by atoms with van der Waals surface area (Å²) in [4.78, 5) is 19.1. The summed E-state index contributed by atoms with van der Waals surface area (Å²) in [6, 6.07) is 25.5. The van der Waals surface area contributed by atoms with E-state index in [0.29, 0.717) is 62.3 Å². The topological polar surface area (TPSA) is 90.3 Å². The summed E-state index contributed by atoms with van der Waals surface area (Å²) in [6.07, 6.45) is 0. The predicted octanol–water partition coefficient (Wildman–Crippen LogP) is 10.8. The molecular formula is C41H43BrClN5O3S. The number of rotatable bonds is 11. The minimum atomic E-state index is -0.640. The van der Waals surface area contributed by atoms with Gasteiger partial charge in [0.15, 0.2) is 11.5 Å². The molecule has 11 heteroatoms. The Bertz CT molecular complexity index is 2140. The highest BCUT2D eigenvalue weighted by Crippen LogP contribution is 2.44. The van der Waals surface area contributed by atoms with Crippen LogP contribution in [0.2, 0.25) is 5.02 Å². The van der Waals surface area contributed by atoms with Gasteiger partial charge >= 0.3 is 0 Å². The van der Waals surface area contributed by atoms with E-state index in [1.54, 1.807) is 4.68 Å². The molecule has 0 aliphatic carbocycles. The standard InChI is InChI=1S/C41H43BrClN5O3S/c1-8-50-34-21-29(20-31(42)37(34)51-22-27-14-16-30(17-15-27)41(5,6)7)36-35(38(49)45-33-18-13-24(2)19-25(33)3)26(4)44-39-46-40(47-48(36)39)52-23-28-11-9-10-12-32(28)43/h9-21,36H,8,22-23H2,1-7H3,(H,45,49)(H,44,46,47). The smallest absolute Gasteiger partial charge is 0.255 e. The molecule has 0 bridgehead atoms. The Hall–Kier alpha value is -4.25. The number of carbonyl (C=O) groups excluding carboxylic acids is 1. The zero-order valence-electron chi connectivity index (χ0n) is 30.4. The third kappa shape index (κ3) is 8.35. The van der Waals surface area contributed by atoms with Gasteiger partial charge in [0.25, 0.3) is 5.91 Å². The number of anilines is 2. The minimum Gasteiger partial charge on any atom is -0.490 e. The quantitative estimate of drug-likeness (QED) is 0.129. The Labute approximate surface area is 323 Å². The Balaban J connectivity index is 1.37. The van der Waals surface area contributed by atoms with Crippen LogP contribution in [0.3, 0.4) is 0 Å². The fourth-order valence-corrected chi connectivity index (χ4v) is 7.79. The molecule has 5 aromatic rings. The van der Waals surface area contributed by atoms with Gasteiger partial charge in [0, 0.05) is 22.2 Å². The molecule has 1 amide bonds. The van der Waals surface area contributed by atoms with E-state index in [9.17, 15) is 4.79 Å². The highest BCUT2D eigenvalue weighted by molar-refractivity contribution is 9.10. The first-order chi connectivity index (χ1) is 24.8. The fourth-order valence-electron chi connectivity index (χ4n) is 6.10. The minimum absolute atomic E-state index is 0.0650. The number of amides is 1. The molecule has 6 rings (SSSR count). The lowest BCUT2D eigenvalue weighted by Gasteiger charge is -2.29. The lowest BCUT2D eigenvalue weighted by Crippen LogP contribution is -2.31. The summed E-state index contributed by atoms with van der Waals surface area (Å²) in [6.45, 7) is 15.2. The first-order valence-electron chi connectivity index (χ1n) is 17.2. The SMILES string of the molecule is CCOc1cc(C2C(C(=O)Nc3ccc(C)cc3C)=C(C)Nc3nc(SCc4ccccc4Cl)nn32)cc(Br)c1OCc1ccc(C(C)(C)C)cc1. The molecule has 0 fully saturated rings. The van der Waals surface area contributed by atoms with Gasteiger partial charge in [0.05, 0.1) is 16.7 Å². The van der Waals surface area contributed by atoms with Gasteiger partial charge in [-0.05, 0) is 101 Å². The Kier molecular flexibility index (Phi) is 11.4. The zero-order valence-corrected chi connectivity index (χ0v) is 33.6. The largest absolute Gasteiger partial charge is 0.490 e. The fraction of sp³-hybridized carbons (Fsp3) is 0.293. The third-order valence-corrected chi connectivity index (χ3v) is 10.7. The van der Waals surface area contributed by atoms with Gasteiger partial charge in [-0.2, -0.15) is 4.98 Å². The van der Waals surface area contributed by atoms with Crippen LogP contribution in [0.25, 0.3) is 0 Å². The van der Waals surface area contributed by atoms with Crippen LogP contribution in [-0.4, -0.2) is 27.3 Å². The van der Waals surface area contributed by atoms with Crippen LogP contribution in [0.1, 0.15) is 74.0 Å². The molecule has 1 aromatic heterocycles. The molecule has 0 saturated carbocycles. The van der Waals surface area contributed by atoms with Crippen molar-refractivity contribution in [1.29, 1.82) is 0 Å². The van der Waals surface area contributed by atoms with Gasteiger partial charge in [-0.25, -0.2) is 4.68 Å². The second-order valence-electron chi connectivity index (χ2n) is 13.9. The summed E-state index contributed by atoms with van der Waals surface area (Å²) in [5.41, 5.74) is 8.14. The number of carbonyl (C=O) groups is 1. The molecule has 4 aromatic carbocycles. The summed E-state index contributed by atoms with van der Waals surface area (Å²) < 4.78 is 15.1. The number of aryl methyl sites for hydroxylation is 2. The van der Waals surface area contributed by atoms with Gasteiger partial charge in [-0.3, -0.25) is 4.79 Å². The number of thioether (sulfide) groups is 1. The average Bonchev–Trinajstić information content (AvgIpc) is 3.50. The molecule has 1 aliphatic heterocycles. The number of aromatic nitrogens is 3. The van der Waals surface area contributed by atoms with Crippen molar-refractivity contribution in [2.75, 3.05) is 17.2 Å². The van der Waals surface area contributed by atoms with Crippen LogP contribution in [0.4, 0.5) is 11.6 Å². The number of halogens is 2. The number of nitrogens with one attached hydrogen (secondary N) is 2. The predicted molar refractivity (Wildman–Crippen MR) is 215 cm³/mol. The van der Waals surface area contributed by atoms with E-state index < -0.39 is 6.04 Å². The van der Waals surface area contributed by atoms with Gasteiger partial charge in [-0.1, -0.05) is 104 Å². The number of allylic oxidation sites excluding steroid dienone is 1. The van der Waals surface area contributed by atoms with Gasteiger partial charge in [0.1, 0.15) is 12.6 Å². The van der Waals surface area contributed by atoms with Crippen molar-refractivity contribution in [2.24, 2.45) is 0 Å². The first kappa shape index (κ1) is 37.5. The summed E-state index contributed by atoms with van der Waals surface area (Å²) >= 11 is 11.7. The van der Waals surface area contributed by atoms with Crippen molar-refractivity contribution in [3.8, 4) is 11.5 Å². The van der Waals surface area contributed by atoms with Crippen LogP contribution in [0.5, 0.6) is 11.5 Å². The second kappa shape index (κ2) is 15.8. The van der Waals surface area contributed by atoms with Crippen LogP contribution >= 0.6 is 39.3 Å². The molecule has 270 valence electrons. The van der Waals surface area contributed by atoms with Crippen LogP contribution < -0.4 is 20.1 Å². The Morgan fingerprint density at radius 1 is 1.02 bits per heavy atom. The maximum atomic E-state index is 14.3. The zero-order chi connectivity index (χ0) is 37.2. The lowest BCUT2D eigenvalue weighted by atomic mass is 9.87. The highest BCUT2D eigenvalue weighted by Gasteiger charge is 2.36. The summed E-state index contributed by atoms with van der Waals surface area (Å²) in [5, 5.41) is 12.7. The molecule has 8 nitrogen and oxygen atoms in total. The van der Waals surface area contributed by atoms with E-state index >= 15 is 0 Å². The van der Waals surface area contributed by atoms with Crippen molar-refractivity contribution in [3.63, 3.8) is 0 Å². The lowest BCUT2D eigenvalue weighted by molar-refractivity contribution is -0.113. The maximum absolute atomic E-state index is 14.3. The summed E-state index contributed by atoms with van der Waals surface area (Å²) in [7, 11) is 0. The molecule has 2 heterocycles. The number of hydrogen-bond acceptors (Lipinski definition) is 7. The monoisotopic (exact) mass is 799 g/mol. The van der Waals surface area contributed by atoms with Crippen molar-refractivity contribution < 1.29 is 14.3 Å². The molecular weight excluding hydrogens is 758 g/mol. The normalized spacial score (nSPS) is 14.1. The number of nitrogens with zero attached hydrogens (tertiary/aromatic N) is 3. The number of benzene rings is 4. The second-order valence-corrected chi connectivity index (χ2v) is 16.1. The highest BCUT2D eigenvalue weighted by atomic mass is 79.9. The van der Waals surface area contributed by atoms with Crippen molar-refractivity contribution in [2.45, 2.75) is 77.4 Å². The number of hydrogen-bond donors (Lipinski definition) is 2. The molecule has 0 radical (unpaired) electrons. The molecule has 0 saturated heterocycles. The first-order valence-corrected chi connectivity index (χ1v) is 19.4. The molecule has 0 spiro atoms. The van der Waals surface area contributed by atoms with E-state index in [2.05, 4.69) is 77.7 Å². The maximum Gasteiger partial charge on any atom is 0.255 e. The number of ether oxygens (including phenoxy) is 2. The molecule has 1 aliphatic rings. The van der Waals surface area contributed by atoms with E-state index in [1.807, 2.05) is 76.2 Å². The average molecular weight is 801 g/mol. The van der Waals surface area contributed by atoms with Crippen molar-refractivity contribution in [1.82, 2.24) is 14.8 Å². The number of fused-ring (bicyclic) bond motifs is 1. The van der Waals surface area contributed by atoms with E-state index in [1.165, 1.54) is 17.3 Å². The van der Waals surface area contributed by atoms with Crippen LogP contribution in [-0.2, 0) is 22.6 Å². The van der Waals surface area contributed by atoms with Gasteiger partial charge < -0.3 is 20.1 Å². The van der Waals surface area contributed by atoms with E-state index in [-0.39, 0.29) is 11.3 Å². The van der Waals surface area contributed by atoms with Crippen LogP contribution in [0.15, 0.2) is 99.8 Å². The Morgan fingerprint density at radius 2 is 1.77 bits per heavy atom. The van der Waals surface area contributed by atoms with E-state index in [0.717, 1.165) is 33.5 Å².